The minimum atomic E-state index is -1.07. The highest BCUT2D eigenvalue weighted by Gasteiger charge is 2.17. The summed E-state index contributed by atoms with van der Waals surface area (Å²) in [6.45, 7) is 0. The van der Waals surface area contributed by atoms with Crippen LogP contribution in [-0.2, 0) is 4.79 Å². The number of amides is 1. The van der Waals surface area contributed by atoms with Gasteiger partial charge in [-0.05, 0) is 30.3 Å². The summed E-state index contributed by atoms with van der Waals surface area (Å²) in [5.74, 6) is -0.0485. The third kappa shape index (κ3) is 5.74. The van der Waals surface area contributed by atoms with Gasteiger partial charge in [-0.25, -0.2) is 10.2 Å². The number of nitrogens with zero attached hydrogens (tertiary/aromatic N) is 4. The molecule has 0 fully saturated rings. The van der Waals surface area contributed by atoms with Gasteiger partial charge in [-0.1, -0.05) is 60.3 Å². The van der Waals surface area contributed by atoms with Crippen LogP contribution in [0.1, 0.15) is 15.9 Å². The molecule has 10 heteroatoms. The molecular weight excluding hydrogens is 466 g/mol. The maximum absolute atomic E-state index is 12.4. The standard InChI is InChI=1S/C25H21N5O4S/c1-34-20-13-11-19(12-14-20)30-23(17-7-3-2-4-8-17)28-29-25(30)35-16-22(31)27-26-15-18-9-5-6-10-21(18)24(32)33/h2-15H,16H2,1H3,(H,27,31)(H,32,33). The summed E-state index contributed by atoms with van der Waals surface area (Å²) in [6.07, 6.45) is 1.30. The minimum absolute atomic E-state index is 0.0288. The van der Waals surface area contributed by atoms with Crippen LogP contribution in [0, 0.1) is 0 Å². The van der Waals surface area contributed by atoms with Crippen molar-refractivity contribution in [3.05, 3.63) is 90.0 Å². The van der Waals surface area contributed by atoms with E-state index in [0.717, 1.165) is 17.0 Å². The van der Waals surface area contributed by atoms with Crippen LogP contribution in [0.15, 0.2) is 89.1 Å². The van der Waals surface area contributed by atoms with Crippen molar-refractivity contribution in [3.63, 3.8) is 0 Å². The fraction of sp³-hybridized carbons (Fsp3) is 0.0800. The normalized spacial score (nSPS) is 10.9. The molecule has 0 aliphatic carbocycles. The molecule has 0 atom stereocenters. The van der Waals surface area contributed by atoms with Gasteiger partial charge in [0.25, 0.3) is 5.91 Å². The predicted molar refractivity (Wildman–Crippen MR) is 133 cm³/mol. The Morgan fingerprint density at radius 3 is 2.46 bits per heavy atom. The van der Waals surface area contributed by atoms with E-state index in [4.69, 9.17) is 4.74 Å². The van der Waals surface area contributed by atoms with Gasteiger partial charge in [-0.2, -0.15) is 5.10 Å². The number of benzene rings is 3. The monoisotopic (exact) mass is 487 g/mol. The van der Waals surface area contributed by atoms with Crippen molar-refractivity contribution in [3.8, 4) is 22.8 Å². The van der Waals surface area contributed by atoms with E-state index in [1.807, 2.05) is 59.2 Å². The quantitative estimate of drug-likeness (QED) is 0.209. The van der Waals surface area contributed by atoms with E-state index >= 15 is 0 Å². The smallest absolute Gasteiger partial charge is 0.336 e. The van der Waals surface area contributed by atoms with E-state index in [9.17, 15) is 14.7 Å². The van der Waals surface area contributed by atoms with E-state index in [1.165, 1.54) is 24.0 Å². The second-order valence-corrected chi connectivity index (χ2v) is 8.12. The number of hydrogen-bond acceptors (Lipinski definition) is 7. The van der Waals surface area contributed by atoms with Crippen molar-refractivity contribution in [2.24, 2.45) is 5.10 Å². The van der Waals surface area contributed by atoms with Crippen molar-refractivity contribution in [2.45, 2.75) is 5.16 Å². The molecule has 1 aromatic heterocycles. The van der Waals surface area contributed by atoms with Crippen LogP contribution in [-0.4, -0.2) is 50.8 Å². The fourth-order valence-electron chi connectivity index (χ4n) is 3.24. The topological polar surface area (TPSA) is 119 Å². The van der Waals surface area contributed by atoms with Crippen molar-refractivity contribution in [2.75, 3.05) is 12.9 Å². The molecule has 0 bridgehead atoms. The molecule has 176 valence electrons. The van der Waals surface area contributed by atoms with E-state index in [2.05, 4.69) is 20.7 Å². The molecule has 0 unspecified atom stereocenters. The number of carboxylic acids is 1. The number of thioether (sulfide) groups is 1. The highest BCUT2D eigenvalue weighted by Crippen LogP contribution is 2.28. The lowest BCUT2D eigenvalue weighted by Crippen LogP contribution is -2.20. The first-order valence-electron chi connectivity index (χ1n) is 10.5. The van der Waals surface area contributed by atoms with Crippen LogP contribution in [0.3, 0.4) is 0 Å². The van der Waals surface area contributed by atoms with Gasteiger partial charge in [0, 0.05) is 16.8 Å². The lowest BCUT2D eigenvalue weighted by atomic mass is 10.1. The van der Waals surface area contributed by atoms with Gasteiger partial charge in [0.2, 0.25) is 0 Å². The van der Waals surface area contributed by atoms with Crippen molar-refractivity contribution in [1.29, 1.82) is 0 Å². The summed E-state index contributed by atoms with van der Waals surface area (Å²) in [7, 11) is 1.60. The molecule has 0 spiro atoms. The number of carbonyl (C=O) groups excluding carboxylic acids is 1. The molecule has 4 rings (SSSR count). The Labute approximate surface area is 205 Å². The minimum Gasteiger partial charge on any atom is -0.497 e. The van der Waals surface area contributed by atoms with Gasteiger partial charge in [0.05, 0.1) is 24.6 Å². The number of nitrogens with one attached hydrogen (secondary N) is 1. The maximum Gasteiger partial charge on any atom is 0.336 e. The maximum atomic E-state index is 12.4. The molecule has 0 radical (unpaired) electrons. The molecule has 0 saturated carbocycles. The van der Waals surface area contributed by atoms with E-state index in [0.29, 0.717) is 16.5 Å². The summed E-state index contributed by atoms with van der Waals surface area (Å²) in [4.78, 5) is 23.7. The average molecular weight is 488 g/mol. The fourth-order valence-corrected chi connectivity index (χ4v) is 3.99. The van der Waals surface area contributed by atoms with Crippen LogP contribution in [0.5, 0.6) is 5.75 Å². The zero-order valence-electron chi connectivity index (χ0n) is 18.7. The second kappa shape index (κ2) is 11.1. The number of hydrogen-bond donors (Lipinski definition) is 2. The number of methoxy groups -OCH3 is 1. The molecule has 3 aromatic carbocycles. The molecular formula is C25H21N5O4S. The van der Waals surface area contributed by atoms with Crippen LogP contribution in [0.4, 0.5) is 0 Å². The first-order valence-corrected chi connectivity index (χ1v) is 11.5. The Morgan fingerprint density at radius 1 is 1.03 bits per heavy atom. The number of carbonyl (C=O) groups is 2. The molecule has 0 aliphatic rings. The molecule has 35 heavy (non-hydrogen) atoms. The van der Waals surface area contributed by atoms with E-state index < -0.39 is 5.97 Å². The number of ether oxygens (including phenoxy) is 1. The number of carboxylic acid groups (broad SMARTS) is 1. The van der Waals surface area contributed by atoms with Gasteiger partial charge in [-0.3, -0.25) is 9.36 Å². The second-order valence-electron chi connectivity index (χ2n) is 7.18. The van der Waals surface area contributed by atoms with E-state index in [-0.39, 0.29) is 17.2 Å². The molecule has 0 aliphatic heterocycles. The number of aromatic carboxylic acids is 1. The largest absolute Gasteiger partial charge is 0.497 e. The highest BCUT2D eigenvalue weighted by atomic mass is 32.2. The van der Waals surface area contributed by atoms with Gasteiger partial charge < -0.3 is 9.84 Å². The first-order chi connectivity index (χ1) is 17.1. The summed E-state index contributed by atoms with van der Waals surface area (Å²) < 4.78 is 7.13. The van der Waals surface area contributed by atoms with E-state index in [1.54, 1.807) is 25.3 Å². The zero-order valence-corrected chi connectivity index (χ0v) is 19.5. The Morgan fingerprint density at radius 2 is 1.74 bits per heavy atom. The lowest BCUT2D eigenvalue weighted by molar-refractivity contribution is -0.118. The predicted octanol–water partition coefficient (Wildman–Crippen LogP) is 3.88. The Kier molecular flexibility index (Phi) is 7.53. The molecule has 1 heterocycles. The van der Waals surface area contributed by atoms with Gasteiger partial charge >= 0.3 is 5.97 Å². The first kappa shape index (κ1) is 23.7. The zero-order chi connectivity index (χ0) is 24.6. The highest BCUT2D eigenvalue weighted by molar-refractivity contribution is 7.99. The van der Waals surface area contributed by atoms with Crippen LogP contribution < -0.4 is 10.2 Å². The molecule has 1 amide bonds. The van der Waals surface area contributed by atoms with Crippen molar-refractivity contribution >= 4 is 29.9 Å². The molecule has 0 saturated heterocycles. The van der Waals surface area contributed by atoms with Crippen LogP contribution in [0.2, 0.25) is 0 Å². The molecule has 2 N–H and O–H groups in total. The third-order valence-corrected chi connectivity index (χ3v) is 5.84. The Hall–Kier alpha value is -4.44. The SMILES string of the molecule is COc1ccc(-n2c(SCC(=O)NN=Cc3ccccc3C(=O)O)nnc2-c2ccccc2)cc1. The van der Waals surface area contributed by atoms with Crippen LogP contribution >= 0.6 is 11.8 Å². The van der Waals surface area contributed by atoms with Crippen LogP contribution in [0.25, 0.3) is 17.1 Å². The van der Waals surface area contributed by atoms with Gasteiger partial charge in [0.1, 0.15) is 5.75 Å². The molecule has 4 aromatic rings. The third-order valence-electron chi connectivity index (χ3n) is 4.91. The lowest BCUT2D eigenvalue weighted by Gasteiger charge is -2.11. The molecule has 9 nitrogen and oxygen atoms in total. The van der Waals surface area contributed by atoms with Crippen molar-refractivity contribution < 1.29 is 19.4 Å². The van der Waals surface area contributed by atoms with Gasteiger partial charge in [0.15, 0.2) is 11.0 Å². The number of hydrazone groups is 1. The summed E-state index contributed by atoms with van der Waals surface area (Å²) in [5, 5.41) is 22.3. The number of aromatic nitrogens is 3. The van der Waals surface area contributed by atoms with Gasteiger partial charge in [-0.15, -0.1) is 10.2 Å². The average Bonchev–Trinajstić information content (AvgIpc) is 3.32. The Balaban J connectivity index is 1.50. The summed E-state index contributed by atoms with van der Waals surface area (Å²) in [5.41, 5.74) is 4.61. The summed E-state index contributed by atoms with van der Waals surface area (Å²) >= 11 is 1.21. The number of rotatable bonds is 9. The Bertz CT molecular complexity index is 1350. The summed E-state index contributed by atoms with van der Waals surface area (Å²) in [6, 6.07) is 23.5. The van der Waals surface area contributed by atoms with Crippen molar-refractivity contribution in [1.82, 2.24) is 20.2 Å².